The van der Waals surface area contributed by atoms with Gasteiger partial charge >= 0.3 is 5.97 Å². The molecule has 1 aromatic rings. The Bertz CT molecular complexity index is 568. The molecule has 124 valence electrons. The third-order valence-electron chi connectivity index (χ3n) is 3.68. The minimum absolute atomic E-state index is 0.167. The molecule has 1 saturated heterocycles. The van der Waals surface area contributed by atoms with E-state index in [1.165, 1.54) is 5.56 Å². The fraction of sp³-hybridized carbons (Fsp3) is 0.471. The summed E-state index contributed by atoms with van der Waals surface area (Å²) in [6, 6.07) is 6.99. The minimum atomic E-state index is -0.631. The van der Waals surface area contributed by atoms with Crippen LogP contribution in [0.2, 0.25) is 0 Å². The van der Waals surface area contributed by atoms with Crippen LogP contribution in [-0.2, 0) is 25.5 Å². The Hall–Kier alpha value is -2.37. The standard InChI is InChI=1S/C17H22N2O4/c1-2-3-4-12-5-7-13(8-6-12)18-16(21)11-23-17(22)14-9-10-15(20)19-14/h5-8,14H,2-4,9-11H2,1H3,(H,18,21)(H,19,20)/t14-/m1/s1. The topological polar surface area (TPSA) is 84.5 Å². The molecule has 6 heteroatoms. The Morgan fingerprint density at radius 3 is 2.65 bits per heavy atom. The van der Waals surface area contributed by atoms with Crippen LogP contribution < -0.4 is 10.6 Å². The third-order valence-corrected chi connectivity index (χ3v) is 3.68. The maximum absolute atomic E-state index is 11.8. The van der Waals surface area contributed by atoms with Crippen LogP contribution in [0.5, 0.6) is 0 Å². The van der Waals surface area contributed by atoms with E-state index in [0.717, 1.165) is 19.3 Å². The van der Waals surface area contributed by atoms with Gasteiger partial charge in [0.1, 0.15) is 6.04 Å². The molecular formula is C17H22N2O4. The zero-order chi connectivity index (χ0) is 16.7. The number of benzene rings is 1. The van der Waals surface area contributed by atoms with Crippen LogP contribution >= 0.6 is 0 Å². The zero-order valence-electron chi connectivity index (χ0n) is 13.3. The molecule has 0 spiro atoms. The Morgan fingerprint density at radius 2 is 2.04 bits per heavy atom. The van der Waals surface area contributed by atoms with Gasteiger partial charge in [0.2, 0.25) is 5.91 Å². The first-order valence-electron chi connectivity index (χ1n) is 7.93. The van der Waals surface area contributed by atoms with E-state index in [-0.39, 0.29) is 12.5 Å². The quantitative estimate of drug-likeness (QED) is 0.751. The molecule has 1 heterocycles. The second kappa shape index (κ2) is 8.31. The van der Waals surface area contributed by atoms with Crippen molar-refractivity contribution in [2.75, 3.05) is 11.9 Å². The summed E-state index contributed by atoms with van der Waals surface area (Å²) in [5.41, 5.74) is 1.90. The fourth-order valence-corrected chi connectivity index (χ4v) is 2.36. The Kier molecular flexibility index (Phi) is 6.14. The number of hydrogen-bond acceptors (Lipinski definition) is 4. The highest BCUT2D eigenvalue weighted by Crippen LogP contribution is 2.12. The van der Waals surface area contributed by atoms with Crippen LogP contribution in [0.1, 0.15) is 38.2 Å². The van der Waals surface area contributed by atoms with Gasteiger partial charge in [-0.25, -0.2) is 4.79 Å². The Morgan fingerprint density at radius 1 is 1.30 bits per heavy atom. The van der Waals surface area contributed by atoms with Crippen molar-refractivity contribution in [3.05, 3.63) is 29.8 Å². The smallest absolute Gasteiger partial charge is 0.329 e. The molecule has 2 amide bonds. The average Bonchev–Trinajstić information content (AvgIpc) is 2.98. The number of rotatable bonds is 7. The average molecular weight is 318 g/mol. The van der Waals surface area contributed by atoms with Crippen molar-refractivity contribution in [2.24, 2.45) is 0 Å². The number of carbonyl (C=O) groups excluding carboxylic acids is 3. The van der Waals surface area contributed by atoms with Gasteiger partial charge in [0.25, 0.3) is 5.91 Å². The van der Waals surface area contributed by atoms with Crippen molar-refractivity contribution in [3.8, 4) is 0 Å². The van der Waals surface area contributed by atoms with Gasteiger partial charge in [-0.2, -0.15) is 0 Å². The number of unbranched alkanes of at least 4 members (excludes halogenated alkanes) is 1. The number of amides is 2. The molecule has 0 radical (unpaired) electrons. The molecular weight excluding hydrogens is 296 g/mol. The van der Waals surface area contributed by atoms with Gasteiger partial charge < -0.3 is 15.4 Å². The van der Waals surface area contributed by atoms with E-state index in [9.17, 15) is 14.4 Å². The molecule has 1 aromatic carbocycles. The Balaban J connectivity index is 1.73. The van der Waals surface area contributed by atoms with Crippen molar-refractivity contribution >= 4 is 23.5 Å². The summed E-state index contributed by atoms with van der Waals surface area (Å²) < 4.78 is 4.92. The SMILES string of the molecule is CCCCc1ccc(NC(=O)COC(=O)[C@H]2CCC(=O)N2)cc1. The molecule has 2 N–H and O–H groups in total. The van der Waals surface area contributed by atoms with E-state index >= 15 is 0 Å². The highest BCUT2D eigenvalue weighted by Gasteiger charge is 2.28. The molecule has 23 heavy (non-hydrogen) atoms. The summed E-state index contributed by atoms with van der Waals surface area (Å²) in [4.78, 5) is 34.5. The fourth-order valence-electron chi connectivity index (χ4n) is 2.36. The second-order valence-corrected chi connectivity index (χ2v) is 5.62. The van der Waals surface area contributed by atoms with Crippen LogP contribution in [0.4, 0.5) is 5.69 Å². The highest BCUT2D eigenvalue weighted by atomic mass is 16.5. The lowest BCUT2D eigenvalue weighted by molar-refractivity contribution is -0.149. The summed E-state index contributed by atoms with van der Waals surface area (Å²) in [5, 5.41) is 5.18. The van der Waals surface area contributed by atoms with Crippen molar-refractivity contribution in [1.82, 2.24) is 5.32 Å². The van der Waals surface area contributed by atoms with Crippen molar-refractivity contribution in [3.63, 3.8) is 0 Å². The van der Waals surface area contributed by atoms with E-state index in [1.54, 1.807) is 0 Å². The molecule has 1 atom stereocenters. The van der Waals surface area contributed by atoms with Crippen molar-refractivity contribution in [2.45, 2.75) is 45.1 Å². The molecule has 0 aromatic heterocycles. The van der Waals surface area contributed by atoms with Crippen LogP contribution in [0, 0.1) is 0 Å². The third kappa shape index (κ3) is 5.39. The van der Waals surface area contributed by atoms with Crippen LogP contribution in [0.3, 0.4) is 0 Å². The van der Waals surface area contributed by atoms with Crippen LogP contribution in [0.15, 0.2) is 24.3 Å². The second-order valence-electron chi connectivity index (χ2n) is 5.62. The molecule has 0 bridgehead atoms. The molecule has 0 unspecified atom stereocenters. The van der Waals surface area contributed by atoms with Gasteiger partial charge in [-0.1, -0.05) is 25.5 Å². The number of aryl methyl sites for hydroxylation is 1. The van der Waals surface area contributed by atoms with Gasteiger partial charge in [-0.3, -0.25) is 9.59 Å². The van der Waals surface area contributed by atoms with Crippen LogP contribution in [-0.4, -0.2) is 30.4 Å². The predicted octanol–water partition coefficient (Wildman–Crippen LogP) is 1.79. The summed E-state index contributed by atoms with van der Waals surface area (Å²) in [5.74, 6) is -1.13. The summed E-state index contributed by atoms with van der Waals surface area (Å²) in [7, 11) is 0. The summed E-state index contributed by atoms with van der Waals surface area (Å²) in [6.45, 7) is 1.79. The lowest BCUT2D eigenvalue weighted by atomic mass is 10.1. The van der Waals surface area contributed by atoms with Gasteiger partial charge in [0.05, 0.1) is 0 Å². The zero-order valence-corrected chi connectivity index (χ0v) is 13.3. The first-order chi connectivity index (χ1) is 11.1. The first-order valence-corrected chi connectivity index (χ1v) is 7.93. The van der Waals surface area contributed by atoms with E-state index < -0.39 is 17.9 Å². The number of nitrogens with one attached hydrogen (secondary N) is 2. The molecule has 0 saturated carbocycles. The molecule has 1 fully saturated rings. The number of anilines is 1. The maximum Gasteiger partial charge on any atom is 0.329 e. The molecule has 2 rings (SSSR count). The lowest BCUT2D eigenvalue weighted by Crippen LogP contribution is -2.36. The highest BCUT2D eigenvalue weighted by molar-refractivity contribution is 5.94. The molecule has 0 aliphatic carbocycles. The maximum atomic E-state index is 11.8. The first kappa shape index (κ1) is 17.0. The number of esters is 1. The van der Waals surface area contributed by atoms with Gasteiger partial charge in [-0.05, 0) is 37.0 Å². The molecule has 6 nitrogen and oxygen atoms in total. The summed E-state index contributed by atoms with van der Waals surface area (Å²) >= 11 is 0. The largest absolute Gasteiger partial charge is 0.454 e. The van der Waals surface area contributed by atoms with Gasteiger partial charge in [0, 0.05) is 12.1 Å². The van der Waals surface area contributed by atoms with Crippen molar-refractivity contribution in [1.29, 1.82) is 0 Å². The Labute approximate surface area is 135 Å². The predicted molar refractivity (Wildman–Crippen MR) is 85.8 cm³/mol. The molecule has 1 aliphatic rings. The monoisotopic (exact) mass is 318 g/mol. The number of ether oxygens (including phenoxy) is 1. The minimum Gasteiger partial charge on any atom is -0.454 e. The van der Waals surface area contributed by atoms with E-state index in [0.29, 0.717) is 18.5 Å². The van der Waals surface area contributed by atoms with Crippen LogP contribution in [0.25, 0.3) is 0 Å². The summed E-state index contributed by atoms with van der Waals surface area (Å²) in [6.07, 6.45) is 4.04. The van der Waals surface area contributed by atoms with Gasteiger partial charge in [-0.15, -0.1) is 0 Å². The van der Waals surface area contributed by atoms with Crippen molar-refractivity contribution < 1.29 is 19.1 Å². The molecule has 1 aliphatic heterocycles. The van der Waals surface area contributed by atoms with E-state index in [2.05, 4.69) is 17.6 Å². The van der Waals surface area contributed by atoms with E-state index in [4.69, 9.17) is 4.74 Å². The normalized spacial score (nSPS) is 16.7. The lowest BCUT2D eigenvalue weighted by Gasteiger charge is -2.10. The number of carbonyl (C=O) groups is 3. The van der Waals surface area contributed by atoms with E-state index in [1.807, 2.05) is 24.3 Å². The van der Waals surface area contributed by atoms with Gasteiger partial charge in [0.15, 0.2) is 6.61 Å². The number of hydrogen-bond donors (Lipinski definition) is 2.